The number of hydrogen-bond acceptors (Lipinski definition) is 4. The molecule has 2 aromatic rings. The summed E-state index contributed by atoms with van der Waals surface area (Å²) in [6.45, 7) is 0. The van der Waals surface area contributed by atoms with Crippen LogP contribution in [0.2, 0.25) is 0 Å². The van der Waals surface area contributed by atoms with Crippen LogP contribution in [0, 0.1) is 0 Å². The van der Waals surface area contributed by atoms with Crippen molar-refractivity contribution >= 4 is 22.8 Å². The van der Waals surface area contributed by atoms with Crippen molar-refractivity contribution in [2.24, 2.45) is 7.05 Å². The molecule has 0 aromatic carbocycles. The molecule has 0 saturated carbocycles. The highest BCUT2D eigenvalue weighted by molar-refractivity contribution is 7.98. The van der Waals surface area contributed by atoms with Crippen LogP contribution in [-0.4, -0.2) is 20.8 Å². The molecule has 0 atom stereocenters. The van der Waals surface area contributed by atoms with Crippen LogP contribution in [0.3, 0.4) is 0 Å². The summed E-state index contributed by atoms with van der Waals surface area (Å²) in [5, 5.41) is 1.56. The molecule has 5 heteroatoms. The molecule has 2 rings (SSSR count). The van der Waals surface area contributed by atoms with Gasteiger partial charge in [-0.3, -0.25) is 9.36 Å². The average Bonchev–Trinajstić information content (AvgIpc) is 2.23. The molecule has 0 unspecified atom stereocenters. The van der Waals surface area contributed by atoms with E-state index in [1.807, 2.05) is 6.26 Å². The molecule has 0 aliphatic rings. The Morgan fingerprint density at radius 2 is 2.21 bits per heavy atom. The Hall–Kier alpha value is -1.36. The van der Waals surface area contributed by atoms with E-state index >= 15 is 0 Å². The quantitative estimate of drug-likeness (QED) is 0.518. The predicted molar refractivity (Wildman–Crippen MR) is 56.6 cm³/mol. The van der Waals surface area contributed by atoms with Crippen molar-refractivity contribution in [3.8, 4) is 0 Å². The lowest BCUT2D eigenvalue weighted by Gasteiger charge is -2.03. The lowest BCUT2D eigenvalue weighted by Crippen LogP contribution is -2.16. The fraction of sp³-hybridized carbons (Fsp3) is 0.222. The molecule has 4 nitrogen and oxygen atoms in total. The van der Waals surface area contributed by atoms with Crippen molar-refractivity contribution in [2.45, 2.75) is 5.16 Å². The SMILES string of the molecule is CSc1ncc2ccc(=O)n(C)c2n1. The van der Waals surface area contributed by atoms with E-state index in [-0.39, 0.29) is 5.56 Å². The topological polar surface area (TPSA) is 47.8 Å². The minimum absolute atomic E-state index is 0.0525. The first kappa shape index (κ1) is 9.21. The van der Waals surface area contributed by atoms with Crippen LogP contribution in [0.25, 0.3) is 11.0 Å². The number of rotatable bonds is 1. The fourth-order valence-electron chi connectivity index (χ4n) is 1.23. The summed E-state index contributed by atoms with van der Waals surface area (Å²) < 4.78 is 1.52. The van der Waals surface area contributed by atoms with Gasteiger partial charge in [-0.2, -0.15) is 0 Å². The number of fused-ring (bicyclic) bond motifs is 1. The summed E-state index contributed by atoms with van der Waals surface area (Å²) in [5.74, 6) is 0. The van der Waals surface area contributed by atoms with Gasteiger partial charge in [-0.05, 0) is 12.3 Å². The monoisotopic (exact) mass is 207 g/mol. The standard InChI is InChI=1S/C9H9N3OS/c1-12-7(13)4-3-6-5-10-9(14-2)11-8(6)12/h3-5H,1-2H3. The van der Waals surface area contributed by atoms with Gasteiger partial charge in [-0.25, -0.2) is 9.97 Å². The second kappa shape index (κ2) is 3.42. The lowest BCUT2D eigenvalue weighted by molar-refractivity contribution is 0.859. The van der Waals surface area contributed by atoms with Gasteiger partial charge in [-0.1, -0.05) is 11.8 Å². The summed E-state index contributed by atoms with van der Waals surface area (Å²) in [6.07, 6.45) is 3.63. The van der Waals surface area contributed by atoms with Crippen molar-refractivity contribution in [2.75, 3.05) is 6.26 Å². The van der Waals surface area contributed by atoms with Crippen molar-refractivity contribution in [3.05, 3.63) is 28.7 Å². The second-order valence-electron chi connectivity index (χ2n) is 2.87. The smallest absolute Gasteiger partial charge is 0.251 e. The van der Waals surface area contributed by atoms with E-state index in [0.29, 0.717) is 10.8 Å². The molecule has 2 aromatic heterocycles. The highest BCUT2D eigenvalue weighted by atomic mass is 32.2. The Kier molecular flexibility index (Phi) is 2.25. The van der Waals surface area contributed by atoms with Gasteiger partial charge in [0.05, 0.1) is 0 Å². The number of pyridine rings is 1. The van der Waals surface area contributed by atoms with Crippen LogP contribution in [0.5, 0.6) is 0 Å². The largest absolute Gasteiger partial charge is 0.296 e. The molecule has 0 bridgehead atoms. The predicted octanol–water partition coefficient (Wildman–Crippen LogP) is 1.05. The Balaban J connectivity index is 2.84. The van der Waals surface area contributed by atoms with Gasteiger partial charge in [0.1, 0.15) is 5.65 Å². The minimum Gasteiger partial charge on any atom is -0.296 e. The van der Waals surface area contributed by atoms with Gasteiger partial charge in [0.15, 0.2) is 5.16 Å². The molecular formula is C9H9N3OS. The Morgan fingerprint density at radius 3 is 2.93 bits per heavy atom. The van der Waals surface area contributed by atoms with Crippen LogP contribution < -0.4 is 5.56 Å². The second-order valence-corrected chi connectivity index (χ2v) is 3.64. The minimum atomic E-state index is -0.0525. The van der Waals surface area contributed by atoms with Crippen LogP contribution >= 0.6 is 11.8 Å². The molecule has 0 fully saturated rings. The zero-order valence-corrected chi connectivity index (χ0v) is 8.71. The van der Waals surface area contributed by atoms with E-state index in [2.05, 4.69) is 9.97 Å². The maximum Gasteiger partial charge on any atom is 0.251 e. The van der Waals surface area contributed by atoms with Crippen LogP contribution in [-0.2, 0) is 7.05 Å². The van der Waals surface area contributed by atoms with Gasteiger partial charge in [0, 0.05) is 24.7 Å². The van der Waals surface area contributed by atoms with Gasteiger partial charge in [-0.15, -0.1) is 0 Å². The Bertz CT molecular complexity index is 535. The average molecular weight is 207 g/mol. The molecule has 2 heterocycles. The molecule has 14 heavy (non-hydrogen) atoms. The molecular weight excluding hydrogens is 198 g/mol. The number of hydrogen-bond donors (Lipinski definition) is 0. The molecule has 0 amide bonds. The Labute approximate surface area is 85.0 Å². The van der Waals surface area contributed by atoms with E-state index in [1.54, 1.807) is 19.3 Å². The summed E-state index contributed by atoms with van der Waals surface area (Å²) in [6, 6.07) is 3.26. The number of aromatic nitrogens is 3. The van der Waals surface area contributed by atoms with E-state index in [9.17, 15) is 4.79 Å². The summed E-state index contributed by atoms with van der Waals surface area (Å²) >= 11 is 1.46. The number of thioether (sulfide) groups is 1. The summed E-state index contributed by atoms with van der Waals surface area (Å²) in [7, 11) is 1.71. The first-order valence-electron chi connectivity index (χ1n) is 4.09. The zero-order valence-electron chi connectivity index (χ0n) is 7.89. The van der Waals surface area contributed by atoms with Gasteiger partial charge < -0.3 is 0 Å². The third-order valence-corrected chi connectivity index (χ3v) is 2.57. The first-order valence-corrected chi connectivity index (χ1v) is 5.31. The lowest BCUT2D eigenvalue weighted by atomic mass is 10.3. The maximum absolute atomic E-state index is 11.3. The van der Waals surface area contributed by atoms with E-state index < -0.39 is 0 Å². The van der Waals surface area contributed by atoms with Gasteiger partial charge >= 0.3 is 0 Å². The first-order chi connectivity index (χ1) is 6.72. The fourth-order valence-corrected chi connectivity index (χ4v) is 1.56. The third-order valence-electron chi connectivity index (χ3n) is 2.01. The van der Waals surface area contributed by atoms with Crippen molar-refractivity contribution in [1.29, 1.82) is 0 Å². The molecule has 0 saturated heterocycles. The van der Waals surface area contributed by atoms with Gasteiger partial charge in [0.2, 0.25) is 0 Å². The number of aryl methyl sites for hydroxylation is 1. The summed E-state index contributed by atoms with van der Waals surface area (Å²) in [5.41, 5.74) is 0.625. The molecule has 72 valence electrons. The molecule has 0 aliphatic heterocycles. The normalized spacial score (nSPS) is 10.7. The molecule has 0 aliphatic carbocycles. The number of nitrogens with zero attached hydrogens (tertiary/aromatic N) is 3. The van der Waals surface area contributed by atoms with E-state index in [4.69, 9.17) is 0 Å². The van der Waals surface area contributed by atoms with E-state index in [1.165, 1.54) is 22.4 Å². The molecule has 0 spiro atoms. The van der Waals surface area contributed by atoms with Crippen LogP contribution in [0.4, 0.5) is 0 Å². The van der Waals surface area contributed by atoms with Crippen molar-refractivity contribution in [1.82, 2.24) is 14.5 Å². The Morgan fingerprint density at radius 1 is 1.43 bits per heavy atom. The third kappa shape index (κ3) is 1.39. The highest BCUT2D eigenvalue weighted by Gasteiger charge is 2.02. The maximum atomic E-state index is 11.3. The van der Waals surface area contributed by atoms with E-state index in [0.717, 1.165) is 5.39 Å². The van der Waals surface area contributed by atoms with Crippen molar-refractivity contribution < 1.29 is 0 Å². The highest BCUT2D eigenvalue weighted by Crippen LogP contribution is 2.12. The molecule has 0 N–H and O–H groups in total. The molecule has 0 radical (unpaired) electrons. The zero-order chi connectivity index (χ0) is 10.1. The van der Waals surface area contributed by atoms with Crippen LogP contribution in [0.15, 0.2) is 28.3 Å². The van der Waals surface area contributed by atoms with Crippen molar-refractivity contribution in [3.63, 3.8) is 0 Å². The van der Waals surface area contributed by atoms with Crippen LogP contribution in [0.1, 0.15) is 0 Å². The summed E-state index contributed by atoms with van der Waals surface area (Å²) in [4.78, 5) is 19.7. The van der Waals surface area contributed by atoms with Gasteiger partial charge in [0.25, 0.3) is 5.56 Å².